The zero-order valence-corrected chi connectivity index (χ0v) is 19.3. The smallest absolute Gasteiger partial charge is 0.177 e. The maximum atomic E-state index is 13.2. The number of hydrogen-bond acceptors (Lipinski definition) is 5. The van der Waals surface area contributed by atoms with E-state index >= 15 is 0 Å². The number of fused-ring (bicyclic) bond motifs is 1. The normalized spacial score (nSPS) is 13.1. The van der Waals surface area contributed by atoms with Gasteiger partial charge in [0.2, 0.25) is 0 Å². The monoisotopic (exact) mass is 441 g/mol. The van der Waals surface area contributed by atoms with Crippen LogP contribution in [0, 0.1) is 6.07 Å². The maximum absolute atomic E-state index is 13.2. The van der Waals surface area contributed by atoms with Crippen LogP contribution in [0.15, 0.2) is 12.1 Å². The van der Waals surface area contributed by atoms with E-state index in [2.05, 4.69) is 30.1 Å². The van der Waals surface area contributed by atoms with Crippen LogP contribution in [-0.2, 0) is 31.1 Å². The molecule has 6 heteroatoms. The number of carbonyl (C=O) groups is 2. The van der Waals surface area contributed by atoms with Gasteiger partial charge >= 0.3 is 0 Å². The largest absolute Gasteiger partial charge is 0.312 e. The summed E-state index contributed by atoms with van der Waals surface area (Å²) in [6.07, 6.45) is 6.49. The fourth-order valence-corrected chi connectivity index (χ4v) is 5.18. The highest BCUT2D eigenvalue weighted by atomic mass is 32.1. The van der Waals surface area contributed by atoms with Crippen LogP contribution in [0.25, 0.3) is 0 Å². The van der Waals surface area contributed by atoms with Crippen molar-refractivity contribution in [1.29, 1.82) is 0 Å². The molecule has 0 spiro atoms. The SMILES string of the molecule is CCCCc1[c]c(O[O])cc(CCCC)c1C(=O)CCC(=O)c1cc2c(s1)CCNC2. The molecule has 5 nitrogen and oxygen atoms in total. The van der Waals surface area contributed by atoms with Gasteiger partial charge in [-0.3, -0.25) is 9.59 Å². The number of carbonyl (C=O) groups excluding carboxylic acids is 2. The van der Waals surface area contributed by atoms with E-state index < -0.39 is 0 Å². The number of aryl methyl sites for hydroxylation is 2. The molecular weight excluding hydrogens is 410 g/mol. The number of rotatable bonds is 12. The van der Waals surface area contributed by atoms with E-state index in [-0.39, 0.29) is 30.2 Å². The Morgan fingerprint density at radius 1 is 1.10 bits per heavy atom. The van der Waals surface area contributed by atoms with E-state index in [0.29, 0.717) is 18.4 Å². The summed E-state index contributed by atoms with van der Waals surface area (Å²) in [5.74, 6) is 0.131. The molecule has 3 rings (SSSR count). The summed E-state index contributed by atoms with van der Waals surface area (Å²) < 4.78 is 0. The van der Waals surface area contributed by atoms with Crippen LogP contribution >= 0.6 is 11.3 Å². The van der Waals surface area contributed by atoms with Gasteiger partial charge < -0.3 is 10.2 Å². The van der Waals surface area contributed by atoms with Gasteiger partial charge in [0.25, 0.3) is 0 Å². The van der Waals surface area contributed by atoms with Crippen molar-refractivity contribution < 1.29 is 19.7 Å². The Morgan fingerprint density at radius 2 is 1.84 bits per heavy atom. The topological polar surface area (TPSA) is 75.3 Å². The number of ketones is 2. The number of thiophene rings is 1. The summed E-state index contributed by atoms with van der Waals surface area (Å²) in [5, 5.41) is 14.4. The molecule has 0 atom stereocenters. The van der Waals surface area contributed by atoms with Crippen molar-refractivity contribution >= 4 is 22.9 Å². The fraction of sp³-hybridized carbons (Fsp3) is 0.520. The van der Waals surface area contributed by atoms with Gasteiger partial charge in [0.1, 0.15) is 0 Å². The van der Waals surface area contributed by atoms with Crippen LogP contribution in [0.4, 0.5) is 0 Å². The second-order valence-corrected chi connectivity index (χ2v) is 9.27. The van der Waals surface area contributed by atoms with Crippen LogP contribution in [0.3, 0.4) is 0 Å². The molecule has 1 aromatic carbocycles. The molecule has 0 saturated heterocycles. The molecule has 0 aliphatic carbocycles. The molecule has 2 radical (unpaired) electrons. The zero-order chi connectivity index (χ0) is 22.2. The zero-order valence-electron chi connectivity index (χ0n) is 18.5. The average molecular weight is 442 g/mol. The highest BCUT2D eigenvalue weighted by Crippen LogP contribution is 2.29. The summed E-state index contributed by atoms with van der Waals surface area (Å²) in [5.41, 5.74) is 3.44. The Balaban J connectivity index is 1.78. The molecule has 0 amide bonds. The first kappa shape index (κ1) is 23.6. The summed E-state index contributed by atoms with van der Waals surface area (Å²) in [4.78, 5) is 32.3. The maximum Gasteiger partial charge on any atom is 0.177 e. The van der Waals surface area contributed by atoms with Gasteiger partial charge in [0, 0.05) is 47.7 Å². The number of benzene rings is 1. The predicted octanol–water partition coefficient (Wildman–Crippen LogP) is 5.45. The third-order valence-electron chi connectivity index (χ3n) is 5.75. The second kappa shape index (κ2) is 11.6. The highest BCUT2D eigenvalue weighted by Gasteiger charge is 2.22. The van der Waals surface area contributed by atoms with Crippen molar-refractivity contribution in [2.45, 2.75) is 78.2 Å². The van der Waals surface area contributed by atoms with Gasteiger partial charge in [0.15, 0.2) is 17.3 Å². The van der Waals surface area contributed by atoms with Crippen LogP contribution < -0.4 is 10.2 Å². The minimum Gasteiger partial charge on any atom is -0.312 e. The molecular formula is C25H31NO4S. The van der Waals surface area contributed by atoms with E-state index in [4.69, 9.17) is 0 Å². The molecule has 1 N–H and O–H groups in total. The van der Waals surface area contributed by atoms with E-state index in [1.54, 1.807) is 17.4 Å². The average Bonchev–Trinajstić information content (AvgIpc) is 3.23. The first-order valence-corrected chi connectivity index (χ1v) is 12.2. The Morgan fingerprint density at radius 3 is 2.55 bits per heavy atom. The summed E-state index contributed by atoms with van der Waals surface area (Å²) in [7, 11) is 0. The lowest BCUT2D eigenvalue weighted by Crippen LogP contribution is -2.21. The van der Waals surface area contributed by atoms with Crippen LogP contribution in [0.1, 0.15) is 94.0 Å². The van der Waals surface area contributed by atoms with Crippen LogP contribution in [-0.4, -0.2) is 18.1 Å². The second-order valence-electron chi connectivity index (χ2n) is 8.14. The molecule has 1 aromatic heterocycles. The Hall–Kier alpha value is -2.02. The number of nitrogens with one attached hydrogen (secondary N) is 1. The van der Waals surface area contributed by atoms with Gasteiger partial charge in [-0.15, -0.1) is 11.3 Å². The minimum absolute atomic E-state index is 0.0291. The Kier molecular flexibility index (Phi) is 8.81. The van der Waals surface area contributed by atoms with E-state index in [0.717, 1.165) is 61.2 Å². The van der Waals surface area contributed by atoms with E-state index in [1.807, 2.05) is 6.07 Å². The van der Waals surface area contributed by atoms with Gasteiger partial charge in [-0.2, -0.15) is 0 Å². The Labute approximate surface area is 188 Å². The van der Waals surface area contributed by atoms with Crippen molar-refractivity contribution in [1.82, 2.24) is 5.32 Å². The molecule has 2 aromatic rings. The van der Waals surface area contributed by atoms with E-state index in [9.17, 15) is 14.8 Å². The fourth-order valence-electron chi connectivity index (χ4n) is 4.03. The van der Waals surface area contributed by atoms with Crippen molar-refractivity contribution in [3.8, 4) is 5.75 Å². The van der Waals surface area contributed by atoms with Crippen molar-refractivity contribution in [2.24, 2.45) is 0 Å². The summed E-state index contributed by atoms with van der Waals surface area (Å²) in [6, 6.07) is 6.63. The van der Waals surface area contributed by atoms with Crippen molar-refractivity contribution in [2.75, 3.05) is 6.54 Å². The third kappa shape index (κ3) is 6.03. The predicted molar refractivity (Wildman–Crippen MR) is 121 cm³/mol. The molecule has 166 valence electrons. The lowest BCUT2D eigenvalue weighted by molar-refractivity contribution is -0.208. The minimum atomic E-state index is -0.0396. The molecule has 0 fully saturated rings. The number of unbranched alkanes of at least 4 members (excludes halogenated alkanes) is 2. The Bertz CT molecular complexity index is 866. The van der Waals surface area contributed by atoms with Gasteiger partial charge in [-0.25, -0.2) is 0 Å². The van der Waals surface area contributed by atoms with Crippen molar-refractivity contribution in [3.05, 3.63) is 50.2 Å². The molecule has 2 heterocycles. The first-order valence-electron chi connectivity index (χ1n) is 11.3. The lowest BCUT2D eigenvalue weighted by Gasteiger charge is -2.15. The van der Waals surface area contributed by atoms with Crippen molar-refractivity contribution in [3.63, 3.8) is 0 Å². The lowest BCUT2D eigenvalue weighted by atomic mass is 9.89. The molecule has 0 saturated carbocycles. The highest BCUT2D eigenvalue weighted by molar-refractivity contribution is 7.14. The molecule has 31 heavy (non-hydrogen) atoms. The van der Waals surface area contributed by atoms with Crippen LogP contribution in [0.5, 0.6) is 5.75 Å². The standard InChI is InChI=1S/C25H31NO4S/c1-3-5-7-17-13-20(30-29)14-18(8-6-4-2)25(17)22(28)10-9-21(27)24-15-19-16-26-12-11-23(19)31-24/h13,15,26H,3-12,16H2,1-2H3. The number of hydrogen-bond donors (Lipinski definition) is 1. The summed E-state index contributed by atoms with van der Waals surface area (Å²) >= 11 is 1.57. The van der Waals surface area contributed by atoms with Crippen LogP contribution in [0.2, 0.25) is 0 Å². The van der Waals surface area contributed by atoms with Gasteiger partial charge in [-0.1, -0.05) is 26.7 Å². The molecule has 0 bridgehead atoms. The number of Topliss-reactive ketones (excluding diaryl/α,β-unsaturated/α-hetero) is 2. The molecule has 1 aliphatic heterocycles. The quantitative estimate of drug-likeness (QED) is 0.270. The third-order valence-corrected chi connectivity index (χ3v) is 7.02. The molecule has 0 unspecified atom stereocenters. The molecule has 1 aliphatic rings. The first-order chi connectivity index (χ1) is 15.1. The summed E-state index contributed by atoms with van der Waals surface area (Å²) in [6.45, 7) is 5.93. The van der Waals surface area contributed by atoms with E-state index in [1.165, 1.54) is 10.4 Å². The van der Waals surface area contributed by atoms with Gasteiger partial charge in [-0.05, 0) is 60.9 Å². The van der Waals surface area contributed by atoms with Gasteiger partial charge in [0.05, 0.1) is 4.88 Å².